The lowest BCUT2D eigenvalue weighted by Crippen LogP contribution is -2.10. The monoisotopic (exact) mass is 302 g/mol. The van der Waals surface area contributed by atoms with Crippen LogP contribution < -0.4 is 10.6 Å². The van der Waals surface area contributed by atoms with Crippen molar-refractivity contribution in [3.63, 3.8) is 0 Å². The molecule has 1 amide bonds. The van der Waals surface area contributed by atoms with Crippen LogP contribution in [0.25, 0.3) is 0 Å². The number of benzene rings is 2. The third-order valence-electron chi connectivity index (χ3n) is 3.06. The van der Waals surface area contributed by atoms with Crippen molar-refractivity contribution in [2.24, 2.45) is 0 Å². The Bertz CT molecular complexity index is 579. The van der Waals surface area contributed by atoms with E-state index in [4.69, 9.17) is 11.6 Å². The van der Waals surface area contributed by atoms with Crippen LogP contribution in [-0.2, 0) is 4.79 Å². The molecule has 0 unspecified atom stereocenters. The van der Waals surface area contributed by atoms with Gasteiger partial charge >= 0.3 is 0 Å². The average Bonchev–Trinajstić information content (AvgIpc) is 2.49. The van der Waals surface area contributed by atoms with Crippen LogP contribution in [0, 0.1) is 0 Å². The molecule has 0 saturated heterocycles. The van der Waals surface area contributed by atoms with Crippen molar-refractivity contribution in [3.05, 3.63) is 53.6 Å². The molecule has 0 radical (unpaired) electrons. The van der Waals surface area contributed by atoms with E-state index in [1.165, 1.54) is 0 Å². The first-order valence-electron chi connectivity index (χ1n) is 7.10. The van der Waals surface area contributed by atoms with Crippen LogP contribution >= 0.6 is 11.6 Å². The number of halogens is 1. The van der Waals surface area contributed by atoms with Gasteiger partial charge in [0.1, 0.15) is 0 Å². The molecule has 0 saturated carbocycles. The van der Waals surface area contributed by atoms with E-state index in [1.807, 2.05) is 48.5 Å². The van der Waals surface area contributed by atoms with Gasteiger partial charge in [0.2, 0.25) is 5.91 Å². The summed E-state index contributed by atoms with van der Waals surface area (Å²) in [5.41, 5.74) is 2.75. The topological polar surface area (TPSA) is 41.1 Å². The average molecular weight is 303 g/mol. The molecule has 0 bridgehead atoms. The highest BCUT2D eigenvalue weighted by Crippen LogP contribution is 2.20. The van der Waals surface area contributed by atoms with Gasteiger partial charge in [-0.15, -0.1) is 0 Å². The molecular weight excluding hydrogens is 284 g/mol. The Balaban J connectivity index is 1.92. The van der Waals surface area contributed by atoms with Crippen molar-refractivity contribution in [1.29, 1.82) is 0 Å². The molecule has 4 heteroatoms. The van der Waals surface area contributed by atoms with Crippen molar-refractivity contribution in [2.75, 3.05) is 10.6 Å². The quantitative estimate of drug-likeness (QED) is 0.769. The first-order valence-corrected chi connectivity index (χ1v) is 7.47. The lowest BCUT2D eigenvalue weighted by atomic mass is 10.2. The van der Waals surface area contributed by atoms with Gasteiger partial charge in [0.25, 0.3) is 0 Å². The zero-order valence-corrected chi connectivity index (χ0v) is 12.8. The summed E-state index contributed by atoms with van der Waals surface area (Å²) in [6.07, 6.45) is 2.51. The number of anilines is 3. The number of nitrogens with one attached hydrogen (secondary N) is 2. The van der Waals surface area contributed by atoms with E-state index in [1.54, 1.807) is 0 Å². The summed E-state index contributed by atoms with van der Waals surface area (Å²) in [7, 11) is 0. The van der Waals surface area contributed by atoms with Crippen molar-refractivity contribution >= 4 is 34.6 Å². The molecule has 0 aromatic heterocycles. The fraction of sp³-hybridized carbons (Fsp3) is 0.235. The van der Waals surface area contributed by atoms with Crippen LogP contribution in [-0.4, -0.2) is 5.91 Å². The first kappa shape index (κ1) is 15.4. The first-order chi connectivity index (χ1) is 10.2. The van der Waals surface area contributed by atoms with Gasteiger partial charge in [0.05, 0.1) is 0 Å². The summed E-state index contributed by atoms with van der Waals surface area (Å²) in [4.78, 5) is 11.6. The maximum Gasteiger partial charge on any atom is 0.224 e. The Morgan fingerprint density at radius 2 is 1.48 bits per heavy atom. The minimum absolute atomic E-state index is 0.0651. The van der Waals surface area contributed by atoms with Gasteiger partial charge in [0.15, 0.2) is 0 Å². The summed E-state index contributed by atoms with van der Waals surface area (Å²) in [5.74, 6) is 0.0651. The summed E-state index contributed by atoms with van der Waals surface area (Å²) < 4.78 is 0. The predicted octanol–water partition coefficient (Wildman–Crippen LogP) is 5.21. The van der Waals surface area contributed by atoms with E-state index >= 15 is 0 Å². The molecule has 0 atom stereocenters. The molecule has 0 fully saturated rings. The van der Waals surface area contributed by atoms with Crippen LogP contribution in [0.1, 0.15) is 26.2 Å². The third-order valence-corrected chi connectivity index (χ3v) is 3.31. The van der Waals surface area contributed by atoms with Crippen LogP contribution in [0.4, 0.5) is 17.1 Å². The molecule has 0 aliphatic carbocycles. The zero-order chi connectivity index (χ0) is 15.1. The van der Waals surface area contributed by atoms with Crippen molar-refractivity contribution in [3.8, 4) is 0 Å². The van der Waals surface area contributed by atoms with E-state index < -0.39 is 0 Å². The lowest BCUT2D eigenvalue weighted by molar-refractivity contribution is -0.116. The Hall–Kier alpha value is -2.00. The minimum atomic E-state index is 0.0651. The van der Waals surface area contributed by atoms with Crippen molar-refractivity contribution < 1.29 is 4.79 Å². The third kappa shape index (κ3) is 5.12. The molecule has 110 valence electrons. The molecule has 0 spiro atoms. The number of carbonyl (C=O) groups is 1. The molecule has 0 aliphatic heterocycles. The lowest BCUT2D eigenvalue weighted by Gasteiger charge is -2.08. The number of hydrogen-bond donors (Lipinski definition) is 2. The molecule has 0 heterocycles. The molecule has 2 N–H and O–H groups in total. The summed E-state index contributed by atoms with van der Waals surface area (Å²) in [5, 5.41) is 6.88. The van der Waals surface area contributed by atoms with Crippen LogP contribution in [0.15, 0.2) is 48.5 Å². The normalized spacial score (nSPS) is 10.2. The van der Waals surface area contributed by atoms with E-state index in [0.29, 0.717) is 11.4 Å². The van der Waals surface area contributed by atoms with E-state index in [0.717, 1.165) is 29.9 Å². The highest BCUT2D eigenvalue weighted by atomic mass is 35.5. The van der Waals surface area contributed by atoms with E-state index in [2.05, 4.69) is 17.6 Å². The molecule has 2 aromatic rings. The molecule has 2 aromatic carbocycles. The van der Waals surface area contributed by atoms with Gasteiger partial charge in [-0.3, -0.25) is 4.79 Å². The van der Waals surface area contributed by atoms with Crippen molar-refractivity contribution in [2.45, 2.75) is 26.2 Å². The van der Waals surface area contributed by atoms with Crippen LogP contribution in [0.5, 0.6) is 0 Å². The summed E-state index contributed by atoms with van der Waals surface area (Å²) in [6, 6.07) is 15.2. The molecule has 3 nitrogen and oxygen atoms in total. The smallest absolute Gasteiger partial charge is 0.224 e. The van der Waals surface area contributed by atoms with Gasteiger partial charge in [-0.05, 0) is 55.0 Å². The number of carbonyl (C=O) groups excluding carboxylic acids is 1. The largest absolute Gasteiger partial charge is 0.356 e. The minimum Gasteiger partial charge on any atom is -0.356 e. The highest BCUT2D eigenvalue weighted by Gasteiger charge is 2.01. The van der Waals surface area contributed by atoms with E-state index in [-0.39, 0.29) is 5.91 Å². The number of amides is 1. The van der Waals surface area contributed by atoms with Gasteiger partial charge in [0, 0.05) is 28.5 Å². The van der Waals surface area contributed by atoms with Gasteiger partial charge in [-0.2, -0.15) is 0 Å². The van der Waals surface area contributed by atoms with Crippen molar-refractivity contribution in [1.82, 2.24) is 0 Å². The molecule has 0 aliphatic rings. The fourth-order valence-corrected chi connectivity index (χ4v) is 2.02. The Kier molecular flexibility index (Phi) is 5.64. The zero-order valence-electron chi connectivity index (χ0n) is 12.0. The summed E-state index contributed by atoms with van der Waals surface area (Å²) in [6.45, 7) is 2.07. The fourth-order valence-electron chi connectivity index (χ4n) is 1.90. The molecule has 21 heavy (non-hydrogen) atoms. The van der Waals surface area contributed by atoms with E-state index in [9.17, 15) is 4.79 Å². The van der Waals surface area contributed by atoms with Crippen LogP contribution in [0.2, 0.25) is 5.02 Å². The second kappa shape index (κ2) is 7.70. The van der Waals surface area contributed by atoms with Gasteiger partial charge in [-0.1, -0.05) is 24.9 Å². The van der Waals surface area contributed by atoms with Gasteiger partial charge < -0.3 is 10.6 Å². The molecular formula is C17H19ClN2O. The number of unbranched alkanes of at least 4 members (excludes halogenated alkanes) is 1. The Morgan fingerprint density at radius 1 is 0.952 bits per heavy atom. The maximum absolute atomic E-state index is 11.6. The van der Waals surface area contributed by atoms with Gasteiger partial charge in [-0.25, -0.2) is 0 Å². The maximum atomic E-state index is 11.6. The standard InChI is InChI=1S/C17H19ClN2O/c1-2-3-4-17(21)20-16-11-9-15(10-12-16)19-14-7-5-13(18)6-8-14/h5-12,19H,2-4H2,1H3,(H,20,21). The predicted molar refractivity (Wildman–Crippen MR) is 89.3 cm³/mol. The Labute approximate surface area is 130 Å². The Morgan fingerprint density at radius 3 is 2.05 bits per heavy atom. The highest BCUT2D eigenvalue weighted by molar-refractivity contribution is 6.30. The number of hydrogen-bond acceptors (Lipinski definition) is 2. The van der Waals surface area contributed by atoms with Crippen LogP contribution in [0.3, 0.4) is 0 Å². The number of rotatable bonds is 6. The SMILES string of the molecule is CCCCC(=O)Nc1ccc(Nc2ccc(Cl)cc2)cc1. The summed E-state index contributed by atoms with van der Waals surface area (Å²) >= 11 is 5.85. The second-order valence-electron chi connectivity index (χ2n) is 4.86. The second-order valence-corrected chi connectivity index (χ2v) is 5.30. The molecule has 2 rings (SSSR count).